The second kappa shape index (κ2) is 6.83. The fraction of sp³-hybridized carbons (Fsp3) is 0.222. The van der Waals surface area contributed by atoms with E-state index in [1.807, 2.05) is 13.0 Å². The molecule has 1 fully saturated rings. The largest absolute Gasteiger partial charge is 0.326 e. The Kier molecular flexibility index (Phi) is 4.78. The molecule has 0 atom stereocenters. The number of hydrogen-bond donors (Lipinski definition) is 2. The highest BCUT2D eigenvalue weighted by molar-refractivity contribution is 6.35. The van der Waals surface area contributed by atoms with Gasteiger partial charge in [-0.2, -0.15) is 0 Å². The average Bonchev–Trinajstić information content (AvgIpc) is 3.34. The summed E-state index contributed by atoms with van der Waals surface area (Å²) in [5, 5.41) is 6.50. The predicted molar refractivity (Wildman–Crippen MR) is 96.9 cm³/mol. The lowest BCUT2D eigenvalue weighted by atomic mass is 10.1. The van der Waals surface area contributed by atoms with Crippen LogP contribution in [0.4, 0.5) is 11.4 Å². The van der Waals surface area contributed by atoms with Gasteiger partial charge in [-0.25, -0.2) is 0 Å². The fourth-order valence-corrected chi connectivity index (χ4v) is 2.83. The Morgan fingerprint density at radius 3 is 2.29 bits per heavy atom. The number of halogens is 2. The second-order valence-electron chi connectivity index (χ2n) is 5.91. The van der Waals surface area contributed by atoms with Crippen LogP contribution in [0.15, 0.2) is 36.4 Å². The van der Waals surface area contributed by atoms with Gasteiger partial charge in [-0.3, -0.25) is 9.59 Å². The molecule has 2 N–H and O–H groups in total. The molecule has 0 heterocycles. The molecule has 2 amide bonds. The third-order valence-electron chi connectivity index (χ3n) is 3.83. The smallest absolute Gasteiger partial charge is 0.255 e. The van der Waals surface area contributed by atoms with E-state index in [1.165, 1.54) is 0 Å². The predicted octanol–water partition coefficient (Wildman–Crippen LogP) is 4.90. The molecular weight excluding hydrogens is 347 g/mol. The number of anilines is 2. The summed E-state index contributed by atoms with van der Waals surface area (Å²) in [6.45, 7) is 1.91. The van der Waals surface area contributed by atoms with Crippen molar-refractivity contribution in [3.8, 4) is 0 Å². The van der Waals surface area contributed by atoms with Crippen LogP contribution in [0.25, 0.3) is 0 Å². The first-order chi connectivity index (χ1) is 11.4. The first kappa shape index (κ1) is 16.8. The zero-order valence-corrected chi connectivity index (χ0v) is 14.5. The SMILES string of the molecule is Cc1ccc(NC(=O)c2cc(Cl)cc(Cl)c2)cc1NC(=O)C1CC1. The van der Waals surface area contributed by atoms with Gasteiger partial charge in [-0.1, -0.05) is 29.3 Å². The minimum Gasteiger partial charge on any atom is -0.326 e. The van der Waals surface area contributed by atoms with Crippen LogP contribution in [0.1, 0.15) is 28.8 Å². The van der Waals surface area contributed by atoms with Crippen molar-refractivity contribution in [2.45, 2.75) is 19.8 Å². The number of carbonyl (C=O) groups is 2. The van der Waals surface area contributed by atoms with Crippen molar-refractivity contribution in [2.75, 3.05) is 10.6 Å². The molecule has 4 nitrogen and oxygen atoms in total. The number of rotatable bonds is 4. The van der Waals surface area contributed by atoms with Crippen molar-refractivity contribution >= 4 is 46.4 Å². The first-order valence-corrected chi connectivity index (χ1v) is 8.37. The molecule has 0 bridgehead atoms. The Hall–Kier alpha value is -2.04. The first-order valence-electron chi connectivity index (χ1n) is 7.61. The summed E-state index contributed by atoms with van der Waals surface area (Å²) in [6.07, 6.45) is 1.88. The van der Waals surface area contributed by atoms with Crippen LogP contribution in [0, 0.1) is 12.8 Å². The third kappa shape index (κ3) is 4.08. The van der Waals surface area contributed by atoms with Crippen LogP contribution in [0.2, 0.25) is 10.0 Å². The molecule has 6 heteroatoms. The summed E-state index contributed by atoms with van der Waals surface area (Å²) in [7, 11) is 0. The molecule has 1 aliphatic carbocycles. The molecule has 24 heavy (non-hydrogen) atoms. The van der Waals surface area contributed by atoms with E-state index in [0.29, 0.717) is 27.0 Å². The minimum absolute atomic E-state index is 0.0307. The molecule has 0 spiro atoms. The summed E-state index contributed by atoms with van der Waals surface area (Å²) in [5.74, 6) is -0.165. The van der Waals surface area contributed by atoms with E-state index in [4.69, 9.17) is 23.2 Å². The molecule has 3 rings (SSSR count). The molecule has 0 unspecified atom stereocenters. The van der Waals surface area contributed by atoms with E-state index >= 15 is 0 Å². The van der Waals surface area contributed by atoms with Gasteiger partial charge in [0, 0.05) is 32.9 Å². The van der Waals surface area contributed by atoms with Crippen molar-refractivity contribution in [1.29, 1.82) is 0 Å². The molecule has 2 aromatic rings. The van der Waals surface area contributed by atoms with Crippen molar-refractivity contribution in [2.24, 2.45) is 5.92 Å². The lowest BCUT2D eigenvalue weighted by Gasteiger charge is -2.12. The van der Waals surface area contributed by atoms with Crippen LogP contribution < -0.4 is 10.6 Å². The number of hydrogen-bond acceptors (Lipinski definition) is 2. The molecule has 1 aliphatic rings. The lowest BCUT2D eigenvalue weighted by molar-refractivity contribution is -0.117. The molecule has 0 radical (unpaired) electrons. The summed E-state index contributed by atoms with van der Waals surface area (Å²) in [6, 6.07) is 10.0. The van der Waals surface area contributed by atoms with Crippen LogP contribution in [-0.4, -0.2) is 11.8 Å². The van der Waals surface area contributed by atoms with Crippen molar-refractivity contribution in [3.63, 3.8) is 0 Å². The molecule has 2 aromatic carbocycles. The Morgan fingerprint density at radius 2 is 1.67 bits per heavy atom. The highest BCUT2D eigenvalue weighted by Gasteiger charge is 2.29. The fourth-order valence-electron chi connectivity index (χ4n) is 2.30. The highest BCUT2D eigenvalue weighted by atomic mass is 35.5. The number of amides is 2. The maximum Gasteiger partial charge on any atom is 0.255 e. The summed E-state index contributed by atoms with van der Waals surface area (Å²) in [4.78, 5) is 24.3. The normalized spacial score (nSPS) is 13.5. The van der Waals surface area contributed by atoms with Crippen LogP contribution >= 0.6 is 23.2 Å². The Morgan fingerprint density at radius 1 is 1.00 bits per heavy atom. The van der Waals surface area contributed by atoms with Gasteiger partial charge in [0.15, 0.2) is 0 Å². The zero-order valence-electron chi connectivity index (χ0n) is 13.0. The molecule has 124 valence electrons. The molecule has 0 saturated heterocycles. The van der Waals surface area contributed by atoms with E-state index < -0.39 is 0 Å². The van der Waals surface area contributed by atoms with Gasteiger partial charge < -0.3 is 10.6 Å². The van der Waals surface area contributed by atoms with Crippen LogP contribution in [-0.2, 0) is 4.79 Å². The second-order valence-corrected chi connectivity index (χ2v) is 6.78. The molecule has 0 aliphatic heterocycles. The maximum atomic E-state index is 12.3. The van der Waals surface area contributed by atoms with Gasteiger partial charge in [0.1, 0.15) is 0 Å². The average molecular weight is 363 g/mol. The Balaban J connectivity index is 1.76. The van der Waals surface area contributed by atoms with E-state index in [2.05, 4.69) is 10.6 Å². The van der Waals surface area contributed by atoms with Gasteiger partial charge in [0.05, 0.1) is 0 Å². The quantitative estimate of drug-likeness (QED) is 0.812. The Labute approximate surface area is 150 Å². The summed E-state index contributed by atoms with van der Waals surface area (Å²) < 4.78 is 0. The van der Waals surface area contributed by atoms with E-state index in [1.54, 1.807) is 30.3 Å². The van der Waals surface area contributed by atoms with Gasteiger partial charge in [0.2, 0.25) is 5.91 Å². The number of carbonyl (C=O) groups excluding carboxylic acids is 2. The monoisotopic (exact) mass is 362 g/mol. The van der Waals surface area contributed by atoms with Crippen molar-refractivity contribution < 1.29 is 9.59 Å². The molecular formula is C18H16Cl2N2O2. The summed E-state index contributed by atoms with van der Waals surface area (Å²) in [5.41, 5.74) is 2.60. The maximum absolute atomic E-state index is 12.3. The topological polar surface area (TPSA) is 58.2 Å². The van der Waals surface area contributed by atoms with Crippen molar-refractivity contribution in [1.82, 2.24) is 0 Å². The van der Waals surface area contributed by atoms with E-state index in [9.17, 15) is 9.59 Å². The standard InChI is InChI=1S/C18H16Cl2N2O2/c1-10-2-5-15(9-16(10)22-17(23)11-3-4-11)21-18(24)12-6-13(19)8-14(20)7-12/h2,5-9,11H,3-4H2,1H3,(H,21,24)(H,22,23). The summed E-state index contributed by atoms with van der Waals surface area (Å²) >= 11 is 11.8. The Bertz CT molecular complexity index is 796. The van der Waals surface area contributed by atoms with Crippen LogP contribution in [0.5, 0.6) is 0 Å². The van der Waals surface area contributed by atoms with Gasteiger partial charge in [-0.15, -0.1) is 0 Å². The lowest BCUT2D eigenvalue weighted by Crippen LogP contribution is -2.15. The van der Waals surface area contributed by atoms with Gasteiger partial charge in [0.25, 0.3) is 5.91 Å². The molecule has 0 aromatic heterocycles. The zero-order chi connectivity index (χ0) is 17.3. The van der Waals surface area contributed by atoms with Crippen molar-refractivity contribution in [3.05, 3.63) is 57.6 Å². The van der Waals surface area contributed by atoms with Gasteiger partial charge in [-0.05, 0) is 55.7 Å². The van der Waals surface area contributed by atoms with E-state index in [0.717, 1.165) is 18.4 Å². The minimum atomic E-state index is -0.317. The highest BCUT2D eigenvalue weighted by Crippen LogP contribution is 2.31. The number of aryl methyl sites for hydroxylation is 1. The van der Waals surface area contributed by atoms with Gasteiger partial charge >= 0.3 is 0 Å². The van der Waals surface area contributed by atoms with Crippen LogP contribution in [0.3, 0.4) is 0 Å². The molecule has 1 saturated carbocycles. The number of benzene rings is 2. The number of nitrogens with one attached hydrogen (secondary N) is 2. The van der Waals surface area contributed by atoms with E-state index in [-0.39, 0.29) is 17.7 Å². The third-order valence-corrected chi connectivity index (χ3v) is 4.26.